The van der Waals surface area contributed by atoms with E-state index in [1.807, 2.05) is 6.92 Å². The van der Waals surface area contributed by atoms with E-state index in [0.717, 1.165) is 5.69 Å². The van der Waals surface area contributed by atoms with E-state index in [1.54, 1.807) is 52.0 Å². The molecular formula is C23H29F3N2O7. The quantitative estimate of drug-likeness (QED) is 0.317. The number of halogens is 3. The van der Waals surface area contributed by atoms with E-state index < -0.39 is 29.7 Å². The van der Waals surface area contributed by atoms with Crippen molar-refractivity contribution >= 4 is 23.6 Å². The highest BCUT2D eigenvalue weighted by Crippen LogP contribution is 2.25. The molecule has 0 saturated carbocycles. The SMILES string of the molecule is CCOC(=O)c1c(CNc2ccc(O)cc2)[nH]c(C(=O)OC(C)(C)C)c1CC.O=C(O)C(F)(F)F. The molecule has 0 spiro atoms. The van der Waals surface area contributed by atoms with E-state index in [-0.39, 0.29) is 24.6 Å². The van der Waals surface area contributed by atoms with Crippen LogP contribution in [-0.2, 0) is 27.2 Å². The second-order valence-electron chi connectivity index (χ2n) is 8.11. The van der Waals surface area contributed by atoms with Crippen molar-refractivity contribution in [3.8, 4) is 5.75 Å². The van der Waals surface area contributed by atoms with Crippen LogP contribution in [0.15, 0.2) is 24.3 Å². The molecule has 4 N–H and O–H groups in total. The highest BCUT2D eigenvalue weighted by Gasteiger charge is 2.38. The summed E-state index contributed by atoms with van der Waals surface area (Å²) in [6, 6.07) is 6.56. The molecule has 0 fully saturated rings. The van der Waals surface area contributed by atoms with Crippen LogP contribution in [-0.4, -0.2) is 51.5 Å². The van der Waals surface area contributed by atoms with Gasteiger partial charge < -0.3 is 30.0 Å². The molecule has 9 nitrogen and oxygen atoms in total. The van der Waals surface area contributed by atoms with E-state index in [4.69, 9.17) is 19.4 Å². The number of H-pyrrole nitrogens is 1. The number of carboxylic acids is 1. The van der Waals surface area contributed by atoms with Crippen molar-refractivity contribution in [2.75, 3.05) is 11.9 Å². The highest BCUT2D eigenvalue weighted by atomic mass is 19.4. The monoisotopic (exact) mass is 502 g/mol. The molecule has 194 valence electrons. The number of benzene rings is 1. The van der Waals surface area contributed by atoms with Gasteiger partial charge in [-0.05, 0) is 63.9 Å². The van der Waals surface area contributed by atoms with Gasteiger partial charge >= 0.3 is 24.1 Å². The van der Waals surface area contributed by atoms with Crippen molar-refractivity contribution in [2.24, 2.45) is 0 Å². The number of nitrogens with one attached hydrogen (secondary N) is 2. The number of phenols is 1. The molecule has 0 saturated heterocycles. The van der Waals surface area contributed by atoms with Gasteiger partial charge in [-0.1, -0.05) is 6.92 Å². The van der Waals surface area contributed by atoms with Crippen molar-refractivity contribution in [3.05, 3.63) is 46.8 Å². The zero-order valence-electron chi connectivity index (χ0n) is 20.0. The Hall–Kier alpha value is -3.70. The average molecular weight is 502 g/mol. The smallest absolute Gasteiger partial charge is 0.490 e. The van der Waals surface area contributed by atoms with Gasteiger partial charge in [0.05, 0.1) is 18.7 Å². The number of carboxylic acid groups (broad SMARTS) is 1. The summed E-state index contributed by atoms with van der Waals surface area (Å²) in [7, 11) is 0. The molecule has 0 aliphatic carbocycles. The summed E-state index contributed by atoms with van der Waals surface area (Å²) in [6.45, 7) is 9.49. The Morgan fingerprint density at radius 1 is 1.03 bits per heavy atom. The summed E-state index contributed by atoms with van der Waals surface area (Å²) < 4.78 is 42.4. The van der Waals surface area contributed by atoms with Gasteiger partial charge in [-0.15, -0.1) is 0 Å². The van der Waals surface area contributed by atoms with Crippen LogP contribution in [0.3, 0.4) is 0 Å². The third kappa shape index (κ3) is 9.22. The van der Waals surface area contributed by atoms with E-state index >= 15 is 0 Å². The Labute approximate surface area is 200 Å². The van der Waals surface area contributed by atoms with Crippen LogP contribution in [0.25, 0.3) is 0 Å². The highest BCUT2D eigenvalue weighted by molar-refractivity contribution is 5.99. The predicted molar refractivity (Wildman–Crippen MR) is 120 cm³/mol. The summed E-state index contributed by atoms with van der Waals surface area (Å²) in [4.78, 5) is 37.2. The molecule has 0 amide bonds. The number of hydrogen-bond donors (Lipinski definition) is 4. The fraction of sp³-hybridized carbons (Fsp3) is 0.435. The zero-order valence-corrected chi connectivity index (χ0v) is 20.0. The number of aromatic amines is 1. The second kappa shape index (κ2) is 12.1. The number of alkyl halides is 3. The topological polar surface area (TPSA) is 138 Å². The van der Waals surface area contributed by atoms with E-state index in [2.05, 4.69) is 10.3 Å². The van der Waals surface area contributed by atoms with Crippen molar-refractivity contribution < 1.29 is 47.2 Å². The number of aromatic hydroxyl groups is 1. The molecule has 0 bridgehead atoms. The van der Waals surface area contributed by atoms with Gasteiger partial charge in [0.1, 0.15) is 17.0 Å². The van der Waals surface area contributed by atoms with Crippen LogP contribution in [0.4, 0.5) is 18.9 Å². The second-order valence-corrected chi connectivity index (χ2v) is 8.11. The molecule has 0 unspecified atom stereocenters. The van der Waals surface area contributed by atoms with E-state index in [1.165, 1.54) is 0 Å². The molecule has 1 heterocycles. The molecule has 0 aliphatic rings. The predicted octanol–water partition coefficient (Wildman–Crippen LogP) is 4.66. The lowest BCUT2D eigenvalue weighted by Crippen LogP contribution is -2.24. The summed E-state index contributed by atoms with van der Waals surface area (Å²) in [5, 5.41) is 19.7. The van der Waals surface area contributed by atoms with Gasteiger partial charge in [0, 0.05) is 11.4 Å². The van der Waals surface area contributed by atoms with Crippen LogP contribution < -0.4 is 5.32 Å². The molecule has 1 aromatic carbocycles. The number of aromatic nitrogens is 1. The Balaban J connectivity index is 0.000000762. The maximum atomic E-state index is 12.6. The summed E-state index contributed by atoms with van der Waals surface area (Å²) in [5.74, 6) is -3.58. The Bertz CT molecular complexity index is 1020. The van der Waals surface area contributed by atoms with Gasteiger partial charge in [-0.2, -0.15) is 13.2 Å². The molecular weight excluding hydrogens is 473 g/mol. The maximum Gasteiger partial charge on any atom is 0.490 e. The van der Waals surface area contributed by atoms with Crippen LogP contribution in [0.5, 0.6) is 5.75 Å². The lowest BCUT2D eigenvalue weighted by atomic mass is 10.1. The number of rotatable bonds is 7. The molecule has 1 aromatic heterocycles. The first-order valence-electron chi connectivity index (χ1n) is 10.6. The van der Waals surface area contributed by atoms with Gasteiger partial charge in [-0.25, -0.2) is 14.4 Å². The molecule has 2 aromatic rings. The number of phenolic OH excluding ortho intramolecular Hbond substituents is 1. The zero-order chi connectivity index (χ0) is 27.0. The third-order valence-electron chi connectivity index (χ3n) is 4.20. The Morgan fingerprint density at radius 2 is 1.57 bits per heavy atom. The van der Waals surface area contributed by atoms with Crippen LogP contribution in [0, 0.1) is 0 Å². The summed E-state index contributed by atoms with van der Waals surface area (Å²) in [5.41, 5.74) is 1.86. The third-order valence-corrected chi connectivity index (χ3v) is 4.20. The molecule has 0 aliphatic heterocycles. The van der Waals surface area contributed by atoms with Crippen LogP contribution >= 0.6 is 0 Å². The minimum Gasteiger partial charge on any atom is -0.508 e. The summed E-state index contributed by atoms with van der Waals surface area (Å²) in [6.07, 6.45) is -4.61. The van der Waals surface area contributed by atoms with E-state index in [0.29, 0.717) is 23.2 Å². The van der Waals surface area contributed by atoms with Crippen LogP contribution in [0.2, 0.25) is 0 Å². The van der Waals surface area contributed by atoms with E-state index in [9.17, 15) is 27.9 Å². The standard InChI is InChI=1S/C21H28N2O5.C2HF3O2/c1-6-15-17(19(25)27-7-2)16(12-22-13-8-10-14(24)11-9-13)23-18(15)20(26)28-21(3,4)5;3-2(4,5)1(6)7/h8-11,22-24H,6-7,12H2,1-5H3;(H,6,7). The molecule has 0 radical (unpaired) electrons. The number of anilines is 1. The van der Waals surface area contributed by atoms with Gasteiger partial charge in [0.25, 0.3) is 0 Å². The summed E-state index contributed by atoms with van der Waals surface area (Å²) >= 11 is 0. The Morgan fingerprint density at radius 3 is 2.00 bits per heavy atom. The lowest BCUT2D eigenvalue weighted by Gasteiger charge is -2.19. The number of carbonyl (C=O) groups is 3. The first-order chi connectivity index (χ1) is 16.1. The number of carbonyl (C=O) groups excluding carboxylic acids is 2. The first kappa shape index (κ1) is 29.3. The minimum absolute atomic E-state index is 0.165. The fourth-order valence-electron chi connectivity index (χ4n) is 2.80. The van der Waals surface area contributed by atoms with Crippen LogP contribution in [0.1, 0.15) is 66.7 Å². The van der Waals surface area contributed by atoms with Crippen molar-refractivity contribution in [2.45, 2.75) is 59.4 Å². The molecule has 2 rings (SSSR count). The minimum atomic E-state index is -5.08. The first-order valence-corrected chi connectivity index (χ1v) is 10.6. The fourth-order valence-corrected chi connectivity index (χ4v) is 2.80. The number of esters is 2. The lowest BCUT2D eigenvalue weighted by molar-refractivity contribution is -0.192. The number of ether oxygens (including phenoxy) is 2. The molecule has 12 heteroatoms. The number of aliphatic carboxylic acids is 1. The van der Waals surface area contributed by atoms with Crippen molar-refractivity contribution in [1.82, 2.24) is 4.98 Å². The normalized spacial score (nSPS) is 11.2. The van der Waals surface area contributed by atoms with Gasteiger partial charge in [0.15, 0.2) is 0 Å². The van der Waals surface area contributed by atoms with Crippen molar-refractivity contribution in [1.29, 1.82) is 0 Å². The van der Waals surface area contributed by atoms with Crippen molar-refractivity contribution in [3.63, 3.8) is 0 Å². The molecule has 0 atom stereocenters. The number of hydrogen-bond acceptors (Lipinski definition) is 7. The average Bonchev–Trinajstić information content (AvgIpc) is 3.11. The molecule has 35 heavy (non-hydrogen) atoms. The Kier molecular flexibility index (Phi) is 10.2. The maximum absolute atomic E-state index is 12.6. The van der Waals surface area contributed by atoms with Gasteiger partial charge in [-0.3, -0.25) is 0 Å². The largest absolute Gasteiger partial charge is 0.508 e. The van der Waals surface area contributed by atoms with Gasteiger partial charge in [0.2, 0.25) is 0 Å².